The molecule has 18 heavy (non-hydrogen) atoms. The topological polar surface area (TPSA) is 32.5 Å². The third-order valence-corrected chi connectivity index (χ3v) is 4.27. The molecule has 1 aliphatic carbocycles. The van der Waals surface area contributed by atoms with Gasteiger partial charge >= 0.3 is 0 Å². The predicted octanol–water partition coefficient (Wildman–Crippen LogP) is 2.31. The minimum absolute atomic E-state index is 0.370. The molecule has 3 atom stereocenters. The van der Waals surface area contributed by atoms with E-state index in [-0.39, 0.29) is 0 Å². The number of rotatable bonds is 5. The minimum atomic E-state index is 0.370. The van der Waals surface area contributed by atoms with Crippen molar-refractivity contribution >= 4 is 0 Å². The van der Waals surface area contributed by atoms with Crippen LogP contribution in [0.25, 0.3) is 0 Å². The molecule has 0 radical (unpaired) electrons. The highest BCUT2D eigenvalue weighted by Crippen LogP contribution is 2.22. The molecule has 0 saturated heterocycles. The Morgan fingerprint density at radius 1 is 1.11 bits per heavy atom. The zero-order valence-corrected chi connectivity index (χ0v) is 12.9. The number of likely N-dealkylation sites (N-methyl/N-ethyl adjacent to an activating group) is 2. The van der Waals surface area contributed by atoms with E-state index in [0.29, 0.717) is 18.1 Å². The third-order valence-electron chi connectivity index (χ3n) is 4.27. The van der Waals surface area contributed by atoms with Gasteiger partial charge in [-0.2, -0.15) is 0 Å². The summed E-state index contributed by atoms with van der Waals surface area (Å²) in [5, 5.41) is 0. The van der Waals surface area contributed by atoms with Gasteiger partial charge in [0.15, 0.2) is 0 Å². The highest BCUT2D eigenvalue weighted by atomic mass is 15.2. The molecule has 0 heterocycles. The van der Waals surface area contributed by atoms with E-state index in [1.54, 1.807) is 0 Å². The van der Waals surface area contributed by atoms with E-state index in [0.717, 1.165) is 13.1 Å². The smallest absolute Gasteiger partial charge is 0.0250 e. The number of nitrogens with zero attached hydrogens (tertiary/aromatic N) is 2. The van der Waals surface area contributed by atoms with Crippen molar-refractivity contribution in [3.05, 3.63) is 0 Å². The molecule has 1 saturated carbocycles. The van der Waals surface area contributed by atoms with Crippen LogP contribution in [0.15, 0.2) is 0 Å². The van der Waals surface area contributed by atoms with Crippen LogP contribution in [0.2, 0.25) is 0 Å². The van der Waals surface area contributed by atoms with Gasteiger partial charge in [0.25, 0.3) is 0 Å². The van der Waals surface area contributed by atoms with E-state index < -0.39 is 0 Å². The second-order valence-electron chi connectivity index (χ2n) is 6.16. The van der Waals surface area contributed by atoms with E-state index in [4.69, 9.17) is 5.73 Å². The fourth-order valence-electron chi connectivity index (χ4n) is 3.41. The van der Waals surface area contributed by atoms with Crippen molar-refractivity contribution in [2.75, 3.05) is 27.2 Å². The van der Waals surface area contributed by atoms with Crippen LogP contribution in [0.4, 0.5) is 0 Å². The van der Waals surface area contributed by atoms with Crippen LogP contribution in [0.5, 0.6) is 0 Å². The quantitative estimate of drug-likeness (QED) is 0.818. The van der Waals surface area contributed by atoms with Crippen molar-refractivity contribution in [1.29, 1.82) is 0 Å². The molecule has 1 fully saturated rings. The number of hydrogen-bond donors (Lipinski definition) is 1. The lowest BCUT2D eigenvalue weighted by Crippen LogP contribution is -2.53. The summed E-state index contributed by atoms with van der Waals surface area (Å²) in [5.74, 6) is 0. The molecular formula is C15H33N3. The first-order chi connectivity index (χ1) is 8.56. The van der Waals surface area contributed by atoms with Gasteiger partial charge in [-0.1, -0.05) is 32.6 Å². The second-order valence-corrected chi connectivity index (χ2v) is 6.16. The summed E-state index contributed by atoms with van der Waals surface area (Å²) in [6.45, 7) is 6.86. The first-order valence-corrected chi connectivity index (χ1v) is 7.72. The Hall–Kier alpha value is -0.120. The van der Waals surface area contributed by atoms with Gasteiger partial charge < -0.3 is 10.6 Å². The van der Waals surface area contributed by atoms with Gasteiger partial charge in [-0.05, 0) is 40.4 Å². The Kier molecular flexibility index (Phi) is 7.20. The molecule has 0 aliphatic heterocycles. The van der Waals surface area contributed by atoms with E-state index in [1.165, 1.54) is 38.5 Å². The van der Waals surface area contributed by atoms with Crippen molar-refractivity contribution in [1.82, 2.24) is 9.80 Å². The fourth-order valence-corrected chi connectivity index (χ4v) is 3.41. The molecule has 0 aromatic heterocycles. The van der Waals surface area contributed by atoms with Gasteiger partial charge in [-0.3, -0.25) is 4.90 Å². The van der Waals surface area contributed by atoms with Crippen molar-refractivity contribution in [2.24, 2.45) is 5.73 Å². The predicted molar refractivity (Wildman–Crippen MR) is 79.9 cm³/mol. The van der Waals surface area contributed by atoms with Crippen LogP contribution in [0, 0.1) is 0 Å². The summed E-state index contributed by atoms with van der Waals surface area (Å²) >= 11 is 0. The lowest BCUT2D eigenvalue weighted by Gasteiger charge is -2.40. The van der Waals surface area contributed by atoms with Crippen molar-refractivity contribution in [2.45, 2.75) is 70.5 Å². The number of nitrogens with two attached hydrogens (primary N) is 1. The first kappa shape index (κ1) is 15.9. The molecule has 2 N–H and O–H groups in total. The largest absolute Gasteiger partial charge is 0.326 e. The highest BCUT2D eigenvalue weighted by molar-refractivity contribution is 4.86. The zero-order valence-electron chi connectivity index (χ0n) is 12.9. The van der Waals surface area contributed by atoms with E-state index >= 15 is 0 Å². The fraction of sp³-hybridized carbons (Fsp3) is 1.00. The van der Waals surface area contributed by atoms with Crippen LogP contribution in [-0.4, -0.2) is 55.1 Å². The van der Waals surface area contributed by atoms with Crippen LogP contribution in [-0.2, 0) is 0 Å². The lowest BCUT2D eigenvalue weighted by molar-refractivity contribution is 0.0963. The first-order valence-electron chi connectivity index (χ1n) is 7.72. The van der Waals surface area contributed by atoms with Gasteiger partial charge in [-0.15, -0.1) is 0 Å². The monoisotopic (exact) mass is 255 g/mol. The van der Waals surface area contributed by atoms with Crippen LogP contribution in [0.1, 0.15) is 52.4 Å². The van der Waals surface area contributed by atoms with Crippen molar-refractivity contribution in [3.8, 4) is 0 Å². The molecule has 0 bridgehead atoms. The van der Waals surface area contributed by atoms with E-state index in [9.17, 15) is 0 Å². The van der Waals surface area contributed by atoms with E-state index in [1.807, 2.05) is 0 Å². The maximum absolute atomic E-state index is 6.44. The summed E-state index contributed by atoms with van der Waals surface area (Å²) in [6, 6.07) is 1.56. The molecule has 0 spiro atoms. The Bertz CT molecular complexity index is 218. The highest BCUT2D eigenvalue weighted by Gasteiger charge is 2.27. The number of hydrogen-bond acceptors (Lipinski definition) is 3. The summed E-state index contributed by atoms with van der Waals surface area (Å²) in [7, 11) is 4.31. The molecule has 3 unspecified atom stereocenters. The normalized spacial score (nSPS) is 28.2. The molecule has 3 heteroatoms. The van der Waals surface area contributed by atoms with Gasteiger partial charge in [0.2, 0.25) is 0 Å². The summed E-state index contributed by atoms with van der Waals surface area (Å²) in [5.41, 5.74) is 6.44. The SMILES string of the molecule is CCN(C(C)CN(C)C)C1CCCCCCC1N. The molecule has 108 valence electrons. The Morgan fingerprint density at radius 3 is 2.28 bits per heavy atom. The van der Waals surface area contributed by atoms with E-state index in [2.05, 4.69) is 37.7 Å². The Labute approximate surface area is 114 Å². The van der Waals surface area contributed by atoms with Crippen LogP contribution < -0.4 is 5.73 Å². The molecule has 1 rings (SSSR count). The van der Waals surface area contributed by atoms with Crippen LogP contribution in [0.3, 0.4) is 0 Å². The van der Waals surface area contributed by atoms with Gasteiger partial charge in [-0.25, -0.2) is 0 Å². The zero-order chi connectivity index (χ0) is 13.5. The molecule has 0 aromatic rings. The van der Waals surface area contributed by atoms with Gasteiger partial charge in [0.05, 0.1) is 0 Å². The average Bonchev–Trinajstić information content (AvgIpc) is 2.27. The average molecular weight is 255 g/mol. The van der Waals surface area contributed by atoms with Crippen molar-refractivity contribution in [3.63, 3.8) is 0 Å². The van der Waals surface area contributed by atoms with Crippen LogP contribution >= 0.6 is 0 Å². The second kappa shape index (κ2) is 8.13. The Balaban J connectivity index is 2.64. The molecule has 0 aromatic carbocycles. The maximum Gasteiger partial charge on any atom is 0.0250 e. The minimum Gasteiger partial charge on any atom is -0.326 e. The van der Waals surface area contributed by atoms with Gasteiger partial charge in [0, 0.05) is 24.7 Å². The molecule has 0 amide bonds. The summed E-state index contributed by atoms with van der Waals surface area (Å²) in [6.07, 6.45) is 7.92. The maximum atomic E-state index is 6.44. The molecular weight excluding hydrogens is 222 g/mol. The lowest BCUT2D eigenvalue weighted by atomic mass is 9.91. The standard InChI is InChI=1S/C15H33N3/c1-5-18(13(2)12-17(3)4)15-11-9-7-6-8-10-14(15)16/h13-15H,5-12,16H2,1-4H3. The molecule has 1 aliphatic rings. The molecule has 3 nitrogen and oxygen atoms in total. The van der Waals surface area contributed by atoms with Crippen molar-refractivity contribution < 1.29 is 0 Å². The summed E-state index contributed by atoms with van der Waals surface area (Å²) in [4.78, 5) is 4.91. The van der Waals surface area contributed by atoms with Gasteiger partial charge in [0.1, 0.15) is 0 Å². The summed E-state index contributed by atoms with van der Waals surface area (Å²) < 4.78 is 0. The third kappa shape index (κ3) is 4.87. The Morgan fingerprint density at radius 2 is 1.72 bits per heavy atom.